The van der Waals surface area contributed by atoms with Gasteiger partial charge in [-0.15, -0.1) is 0 Å². The van der Waals surface area contributed by atoms with Crippen molar-refractivity contribution in [3.8, 4) is 5.69 Å². The van der Waals surface area contributed by atoms with E-state index in [-0.39, 0.29) is 16.8 Å². The molecule has 1 aliphatic rings. The number of aromatic nitrogens is 2. The fourth-order valence-electron chi connectivity index (χ4n) is 3.28. The Morgan fingerprint density at radius 1 is 1.32 bits per heavy atom. The molecule has 9 heteroatoms. The van der Waals surface area contributed by atoms with Gasteiger partial charge in [-0.2, -0.15) is 18.3 Å². The largest absolute Gasteiger partial charge is 0.416 e. The van der Waals surface area contributed by atoms with Crippen LogP contribution >= 0.6 is 0 Å². The third-order valence-corrected chi connectivity index (χ3v) is 5.07. The van der Waals surface area contributed by atoms with E-state index in [2.05, 4.69) is 5.10 Å². The van der Waals surface area contributed by atoms with Crippen molar-refractivity contribution in [1.29, 1.82) is 0 Å². The van der Waals surface area contributed by atoms with Crippen molar-refractivity contribution in [1.82, 2.24) is 14.7 Å². The first-order valence-corrected chi connectivity index (χ1v) is 8.82. The smallest absolute Gasteiger partial charge is 0.337 e. The lowest BCUT2D eigenvalue weighted by Gasteiger charge is -2.22. The lowest BCUT2D eigenvalue weighted by atomic mass is 9.90. The third kappa shape index (κ3) is 3.80. The van der Waals surface area contributed by atoms with E-state index in [1.807, 2.05) is 6.92 Å². The Bertz CT molecular complexity index is 970. The van der Waals surface area contributed by atoms with Crippen molar-refractivity contribution in [2.24, 2.45) is 11.1 Å². The standard InChI is InChI=1S/C19H21F3N4O2/c1-12-8-15(27)16(17(28)25-7-6-18(2,10-23)11-25)24-26(12)14-5-3-4-13(9-14)19(20,21)22/h3-5,8-9H,6-7,10-11,23H2,1-2H3. The monoisotopic (exact) mass is 394 g/mol. The normalized spacial score (nSPS) is 19.9. The van der Waals surface area contributed by atoms with Crippen LogP contribution in [0.3, 0.4) is 0 Å². The van der Waals surface area contributed by atoms with Gasteiger partial charge in [-0.05, 0) is 43.5 Å². The maximum absolute atomic E-state index is 13.0. The second kappa shape index (κ2) is 7.05. The molecule has 2 heterocycles. The number of alkyl halides is 3. The number of carbonyl (C=O) groups excluding carboxylic acids is 1. The number of hydrogen-bond acceptors (Lipinski definition) is 4. The van der Waals surface area contributed by atoms with Crippen LogP contribution in [0.15, 0.2) is 35.1 Å². The van der Waals surface area contributed by atoms with Crippen LogP contribution in [0.25, 0.3) is 5.69 Å². The minimum atomic E-state index is -4.51. The summed E-state index contributed by atoms with van der Waals surface area (Å²) < 4.78 is 40.2. The van der Waals surface area contributed by atoms with Gasteiger partial charge in [-0.1, -0.05) is 13.0 Å². The molecule has 3 rings (SSSR count). The SMILES string of the molecule is Cc1cc(=O)c(C(=O)N2CCC(C)(CN)C2)nn1-c1cccc(C(F)(F)F)c1. The predicted molar refractivity (Wildman–Crippen MR) is 97.3 cm³/mol. The zero-order chi connectivity index (χ0) is 20.7. The van der Waals surface area contributed by atoms with Crippen LogP contribution in [-0.4, -0.2) is 40.2 Å². The molecular weight excluding hydrogens is 373 g/mol. The molecule has 0 spiro atoms. The van der Waals surface area contributed by atoms with E-state index in [1.54, 1.807) is 6.92 Å². The molecule has 0 radical (unpaired) electrons. The Hall–Kier alpha value is -2.68. The zero-order valence-electron chi connectivity index (χ0n) is 15.6. The van der Waals surface area contributed by atoms with Gasteiger partial charge in [-0.3, -0.25) is 9.59 Å². The summed E-state index contributed by atoms with van der Waals surface area (Å²) in [4.78, 5) is 26.7. The molecule has 1 saturated heterocycles. The summed E-state index contributed by atoms with van der Waals surface area (Å²) in [6.07, 6.45) is -3.80. The Kier molecular flexibility index (Phi) is 5.05. The second-order valence-corrected chi connectivity index (χ2v) is 7.45. The number of nitrogens with two attached hydrogens (primary N) is 1. The number of nitrogens with zero attached hydrogens (tertiary/aromatic N) is 3. The molecule has 1 amide bonds. The molecule has 2 N–H and O–H groups in total. The van der Waals surface area contributed by atoms with Gasteiger partial charge in [0.05, 0.1) is 11.3 Å². The van der Waals surface area contributed by atoms with Gasteiger partial charge in [-0.25, -0.2) is 4.68 Å². The fourth-order valence-corrected chi connectivity index (χ4v) is 3.28. The van der Waals surface area contributed by atoms with Crippen molar-refractivity contribution in [2.75, 3.05) is 19.6 Å². The van der Waals surface area contributed by atoms with Gasteiger partial charge in [0.1, 0.15) is 0 Å². The Balaban J connectivity index is 2.01. The average Bonchev–Trinajstić information content (AvgIpc) is 3.04. The molecule has 1 atom stereocenters. The third-order valence-electron chi connectivity index (χ3n) is 5.07. The molecule has 1 aromatic carbocycles. The van der Waals surface area contributed by atoms with Gasteiger partial charge in [0, 0.05) is 24.8 Å². The fraction of sp³-hybridized carbons (Fsp3) is 0.421. The second-order valence-electron chi connectivity index (χ2n) is 7.45. The average molecular weight is 394 g/mol. The Labute approximate surface area is 159 Å². The maximum Gasteiger partial charge on any atom is 0.416 e. The number of amides is 1. The molecule has 1 fully saturated rings. The Morgan fingerprint density at radius 3 is 2.64 bits per heavy atom. The van der Waals surface area contributed by atoms with Crippen molar-refractivity contribution in [3.63, 3.8) is 0 Å². The molecular formula is C19H21F3N4O2. The van der Waals surface area contributed by atoms with Crippen molar-refractivity contribution in [3.05, 3.63) is 57.5 Å². The molecule has 1 aliphatic heterocycles. The summed E-state index contributed by atoms with van der Waals surface area (Å²) in [5.41, 5.74) is 4.27. The highest BCUT2D eigenvalue weighted by molar-refractivity contribution is 5.92. The summed E-state index contributed by atoms with van der Waals surface area (Å²) in [6.45, 7) is 4.77. The van der Waals surface area contributed by atoms with Crippen molar-refractivity contribution < 1.29 is 18.0 Å². The van der Waals surface area contributed by atoms with Crippen LogP contribution in [0.2, 0.25) is 0 Å². The van der Waals surface area contributed by atoms with Gasteiger partial charge >= 0.3 is 6.18 Å². The van der Waals surface area contributed by atoms with E-state index < -0.39 is 23.1 Å². The van der Waals surface area contributed by atoms with E-state index in [1.165, 1.54) is 27.8 Å². The molecule has 0 saturated carbocycles. The minimum Gasteiger partial charge on any atom is -0.337 e. The summed E-state index contributed by atoms with van der Waals surface area (Å²) in [7, 11) is 0. The summed E-state index contributed by atoms with van der Waals surface area (Å²) in [6, 6.07) is 5.78. The summed E-state index contributed by atoms with van der Waals surface area (Å²) in [5.74, 6) is -0.539. The zero-order valence-corrected chi connectivity index (χ0v) is 15.6. The molecule has 2 aromatic rings. The van der Waals surface area contributed by atoms with Crippen LogP contribution < -0.4 is 11.2 Å². The minimum absolute atomic E-state index is 0.120. The highest BCUT2D eigenvalue weighted by Crippen LogP contribution is 2.31. The first-order chi connectivity index (χ1) is 13.0. The lowest BCUT2D eigenvalue weighted by Crippen LogP contribution is -2.37. The molecule has 150 valence electrons. The summed E-state index contributed by atoms with van der Waals surface area (Å²) in [5, 5.41) is 4.10. The molecule has 6 nitrogen and oxygen atoms in total. The number of halogens is 3. The van der Waals surface area contributed by atoms with Crippen molar-refractivity contribution in [2.45, 2.75) is 26.4 Å². The first kappa shape index (κ1) is 20.1. The van der Waals surface area contributed by atoms with E-state index in [0.29, 0.717) is 31.7 Å². The van der Waals surface area contributed by atoms with Crippen LogP contribution in [0.5, 0.6) is 0 Å². The number of carbonyl (C=O) groups is 1. The lowest BCUT2D eigenvalue weighted by molar-refractivity contribution is -0.137. The van der Waals surface area contributed by atoms with E-state index >= 15 is 0 Å². The van der Waals surface area contributed by atoms with Crippen LogP contribution in [0, 0.1) is 12.3 Å². The van der Waals surface area contributed by atoms with E-state index in [9.17, 15) is 22.8 Å². The molecule has 28 heavy (non-hydrogen) atoms. The van der Waals surface area contributed by atoms with Gasteiger partial charge < -0.3 is 10.6 Å². The maximum atomic E-state index is 13.0. The van der Waals surface area contributed by atoms with E-state index in [0.717, 1.165) is 12.1 Å². The molecule has 1 aromatic heterocycles. The predicted octanol–water partition coefficient (Wildman–Crippen LogP) is 2.37. The Morgan fingerprint density at radius 2 is 2.04 bits per heavy atom. The topological polar surface area (TPSA) is 81.2 Å². The number of hydrogen-bond donors (Lipinski definition) is 1. The highest BCUT2D eigenvalue weighted by Gasteiger charge is 2.36. The van der Waals surface area contributed by atoms with Crippen LogP contribution in [-0.2, 0) is 6.18 Å². The molecule has 1 unspecified atom stereocenters. The number of likely N-dealkylation sites (tertiary alicyclic amines) is 1. The number of rotatable bonds is 3. The summed E-state index contributed by atoms with van der Waals surface area (Å²) >= 11 is 0. The van der Waals surface area contributed by atoms with Crippen LogP contribution in [0.4, 0.5) is 13.2 Å². The van der Waals surface area contributed by atoms with Crippen LogP contribution in [0.1, 0.15) is 35.1 Å². The molecule has 0 bridgehead atoms. The number of aryl methyl sites for hydroxylation is 1. The highest BCUT2D eigenvalue weighted by atomic mass is 19.4. The van der Waals surface area contributed by atoms with Crippen molar-refractivity contribution >= 4 is 5.91 Å². The first-order valence-electron chi connectivity index (χ1n) is 8.82. The van der Waals surface area contributed by atoms with E-state index in [4.69, 9.17) is 5.73 Å². The van der Waals surface area contributed by atoms with Gasteiger partial charge in [0.15, 0.2) is 5.69 Å². The number of benzene rings is 1. The van der Waals surface area contributed by atoms with Gasteiger partial charge in [0.2, 0.25) is 5.43 Å². The molecule has 0 aliphatic carbocycles. The van der Waals surface area contributed by atoms with Gasteiger partial charge in [0.25, 0.3) is 5.91 Å². The quantitative estimate of drug-likeness (QED) is 0.867.